The molecule has 0 bridgehead atoms. The summed E-state index contributed by atoms with van der Waals surface area (Å²) in [5.41, 5.74) is 0.808. The highest BCUT2D eigenvalue weighted by Gasteiger charge is 2.54. The lowest BCUT2D eigenvalue weighted by Gasteiger charge is -2.55. The summed E-state index contributed by atoms with van der Waals surface area (Å²) in [6, 6.07) is 0. The highest BCUT2D eigenvalue weighted by Crippen LogP contribution is 2.63. The zero-order valence-electron chi connectivity index (χ0n) is 12.9. The van der Waals surface area contributed by atoms with Gasteiger partial charge in [0.2, 0.25) is 0 Å². The minimum absolute atomic E-state index is 0.808. The maximum absolute atomic E-state index is 2.49. The Kier molecular flexibility index (Phi) is 3.20. The zero-order chi connectivity index (χ0) is 12.9. The van der Waals surface area contributed by atoms with Crippen LogP contribution in [0.15, 0.2) is 0 Å². The second kappa shape index (κ2) is 4.78. The van der Waals surface area contributed by atoms with Crippen molar-refractivity contribution in [2.45, 2.75) is 84.0 Å². The minimum atomic E-state index is 0.808. The Balaban J connectivity index is 1.58. The summed E-state index contributed by atoms with van der Waals surface area (Å²) in [7, 11) is 0. The van der Waals surface area contributed by atoms with Crippen LogP contribution in [-0.2, 0) is 0 Å². The molecule has 2 unspecified atom stereocenters. The van der Waals surface area contributed by atoms with Gasteiger partial charge in [0.1, 0.15) is 0 Å². The van der Waals surface area contributed by atoms with Crippen LogP contribution in [0.2, 0.25) is 0 Å². The Labute approximate surface area is 119 Å². The third-order valence-electron chi connectivity index (χ3n) is 8.11. The van der Waals surface area contributed by atoms with Crippen LogP contribution in [0.25, 0.3) is 0 Å². The minimum Gasteiger partial charge on any atom is -0.0648 e. The molecule has 4 fully saturated rings. The van der Waals surface area contributed by atoms with E-state index in [1.54, 1.807) is 70.6 Å². The smallest absolute Gasteiger partial charge is 0.0269 e. The van der Waals surface area contributed by atoms with E-state index in [2.05, 4.69) is 6.92 Å². The second-order valence-corrected chi connectivity index (χ2v) is 8.37. The van der Waals surface area contributed by atoms with E-state index >= 15 is 0 Å². The Morgan fingerprint density at radius 2 is 1.63 bits per heavy atom. The first-order valence-electron chi connectivity index (χ1n) is 9.34. The van der Waals surface area contributed by atoms with E-state index in [0.717, 1.165) is 35.0 Å². The Morgan fingerprint density at radius 3 is 2.53 bits per heavy atom. The van der Waals surface area contributed by atoms with Crippen LogP contribution < -0.4 is 0 Å². The lowest BCUT2D eigenvalue weighted by molar-refractivity contribution is -0.0573. The van der Waals surface area contributed by atoms with Crippen molar-refractivity contribution in [2.75, 3.05) is 0 Å². The molecular weight excluding hydrogens is 228 g/mol. The predicted octanol–water partition coefficient (Wildman–Crippen LogP) is 5.81. The molecular formula is C19H32. The molecule has 0 aliphatic heterocycles. The molecule has 0 aromatic heterocycles. The summed E-state index contributed by atoms with van der Waals surface area (Å²) in [5.74, 6) is 5.74. The van der Waals surface area contributed by atoms with Gasteiger partial charge in [0.25, 0.3) is 0 Å². The molecule has 0 heterocycles. The first-order chi connectivity index (χ1) is 9.34. The van der Waals surface area contributed by atoms with Gasteiger partial charge >= 0.3 is 0 Å². The Morgan fingerprint density at radius 1 is 0.737 bits per heavy atom. The molecule has 0 aromatic rings. The molecule has 4 saturated carbocycles. The Hall–Kier alpha value is 0. The van der Waals surface area contributed by atoms with Crippen molar-refractivity contribution in [2.24, 2.45) is 35.0 Å². The van der Waals surface area contributed by atoms with Gasteiger partial charge in [0.05, 0.1) is 0 Å². The van der Waals surface area contributed by atoms with E-state index in [-0.39, 0.29) is 0 Å². The fourth-order valence-electron chi connectivity index (χ4n) is 7.24. The highest BCUT2D eigenvalue weighted by atomic mass is 14.6. The van der Waals surface area contributed by atoms with E-state index < -0.39 is 0 Å². The monoisotopic (exact) mass is 260 g/mol. The normalized spacial score (nSPS) is 53.2. The molecule has 4 rings (SSSR count). The van der Waals surface area contributed by atoms with Crippen molar-refractivity contribution < 1.29 is 0 Å². The molecule has 4 aliphatic carbocycles. The molecule has 0 amide bonds. The third-order valence-corrected chi connectivity index (χ3v) is 8.11. The molecule has 0 aromatic carbocycles. The maximum Gasteiger partial charge on any atom is -0.0269 e. The lowest BCUT2D eigenvalue weighted by Crippen LogP contribution is -2.47. The molecule has 4 aliphatic rings. The van der Waals surface area contributed by atoms with Crippen LogP contribution in [0.3, 0.4) is 0 Å². The van der Waals surface area contributed by atoms with Gasteiger partial charge in [-0.2, -0.15) is 0 Å². The van der Waals surface area contributed by atoms with Crippen molar-refractivity contribution in [3.8, 4) is 0 Å². The van der Waals surface area contributed by atoms with Crippen LogP contribution in [0.1, 0.15) is 84.0 Å². The maximum atomic E-state index is 2.49. The van der Waals surface area contributed by atoms with Crippen LogP contribution in [0.4, 0.5) is 0 Å². The van der Waals surface area contributed by atoms with Crippen LogP contribution >= 0.6 is 0 Å². The molecule has 0 saturated heterocycles. The van der Waals surface area contributed by atoms with Gasteiger partial charge in [-0.15, -0.1) is 0 Å². The summed E-state index contributed by atoms with van der Waals surface area (Å²) in [4.78, 5) is 0. The molecule has 6 atom stereocenters. The molecule has 0 N–H and O–H groups in total. The molecule has 0 spiro atoms. The molecule has 19 heavy (non-hydrogen) atoms. The van der Waals surface area contributed by atoms with E-state index in [4.69, 9.17) is 0 Å². The van der Waals surface area contributed by atoms with Crippen LogP contribution in [-0.4, -0.2) is 0 Å². The second-order valence-electron chi connectivity index (χ2n) is 8.37. The van der Waals surface area contributed by atoms with Gasteiger partial charge in [-0.05, 0) is 80.0 Å². The van der Waals surface area contributed by atoms with Gasteiger partial charge in [-0.25, -0.2) is 0 Å². The third kappa shape index (κ3) is 1.84. The first kappa shape index (κ1) is 12.7. The molecule has 0 radical (unpaired) electrons. The van der Waals surface area contributed by atoms with Gasteiger partial charge < -0.3 is 0 Å². The average Bonchev–Trinajstić information content (AvgIpc) is 2.91. The van der Waals surface area contributed by atoms with Gasteiger partial charge in [0, 0.05) is 0 Å². The summed E-state index contributed by atoms with van der Waals surface area (Å²) < 4.78 is 0. The fourth-order valence-corrected chi connectivity index (χ4v) is 7.24. The van der Waals surface area contributed by atoms with Crippen LogP contribution in [0, 0.1) is 35.0 Å². The van der Waals surface area contributed by atoms with Gasteiger partial charge in [-0.1, -0.05) is 39.0 Å². The predicted molar refractivity (Wildman–Crippen MR) is 81.0 cm³/mol. The zero-order valence-corrected chi connectivity index (χ0v) is 12.9. The van der Waals surface area contributed by atoms with E-state index in [1.165, 1.54) is 6.42 Å². The number of hydrogen-bond donors (Lipinski definition) is 0. The summed E-state index contributed by atoms with van der Waals surface area (Å²) in [6.45, 7) is 2.49. The highest BCUT2D eigenvalue weighted by molar-refractivity contribution is 5.03. The number of hydrogen-bond acceptors (Lipinski definition) is 0. The fraction of sp³-hybridized carbons (Fsp3) is 1.00. The molecule has 0 heteroatoms. The van der Waals surface area contributed by atoms with Crippen molar-refractivity contribution in [1.82, 2.24) is 0 Å². The van der Waals surface area contributed by atoms with Crippen molar-refractivity contribution in [3.05, 3.63) is 0 Å². The molecule has 108 valence electrons. The summed E-state index contributed by atoms with van der Waals surface area (Å²) in [5, 5.41) is 0. The largest absolute Gasteiger partial charge is 0.0648 e. The standard InChI is InChI=1S/C19H32/c1-2-19-12-5-8-18(19)17-10-9-14-6-3-4-7-15(14)16(17)11-13-19/h14-18H,2-13H2,1H3/t14?,15-,16+,17+,18-,19?/m0/s1. The summed E-state index contributed by atoms with van der Waals surface area (Å²) >= 11 is 0. The quantitative estimate of drug-likeness (QED) is 0.558. The topological polar surface area (TPSA) is 0 Å². The van der Waals surface area contributed by atoms with Crippen molar-refractivity contribution in [3.63, 3.8) is 0 Å². The lowest BCUT2D eigenvalue weighted by atomic mass is 9.50. The van der Waals surface area contributed by atoms with E-state index in [1.807, 2.05) is 0 Å². The Bertz CT molecular complexity index is 333. The van der Waals surface area contributed by atoms with Crippen molar-refractivity contribution >= 4 is 0 Å². The van der Waals surface area contributed by atoms with E-state index in [0.29, 0.717) is 0 Å². The first-order valence-corrected chi connectivity index (χ1v) is 9.34. The summed E-state index contributed by atoms with van der Waals surface area (Å²) in [6.07, 6.45) is 18.9. The van der Waals surface area contributed by atoms with Gasteiger partial charge in [0.15, 0.2) is 0 Å². The number of fused-ring (bicyclic) bond motifs is 5. The molecule has 0 nitrogen and oxygen atoms in total. The SMILES string of the molecule is CCC12CCC[C@H]1[C@@H]1CCC3CCCC[C@@H]3[C@H]1CC2. The van der Waals surface area contributed by atoms with E-state index in [9.17, 15) is 0 Å². The van der Waals surface area contributed by atoms with Crippen molar-refractivity contribution in [1.29, 1.82) is 0 Å². The van der Waals surface area contributed by atoms with Crippen LogP contribution in [0.5, 0.6) is 0 Å². The number of rotatable bonds is 1. The van der Waals surface area contributed by atoms with Gasteiger partial charge in [-0.3, -0.25) is 0 Å². The average molecular weight is 260 g/mol.